The van der Waals surface area contributed by atoms with Crippen LogP contribution in [0.1, 0.15) is 13.8 Å². The van der Waals surface area contributed by atoms with Crippen molar-refractivity contribution < 1.29 is 10.2 Å². The van der Waals surface area contributed by atoms with Gasteiger partial charge >= 0.3 is 0 Å². The zero-order valence-corrected chi connectivity index (χ0v) is 8.40. The standard InChI is InChI=1S/C9H20N2O2/c1-7-3-10-4-8(2)11(7)5-9(13)6-12/h7-10,12-13H,3-6H2,1-2H3. The summed E-state index contributed by atoms with van der Waals surface area (Å²) in [6.45, 7) is 6.61. The molecule has 3 atom stereocenters. The van der Waals surface area contributed by atoms with Crippen LogP contribution in [0.3, 0.4) is 0 Å². The molecule has 1 aliphatic rings. The summed E-state index contributed by atoms with van der Waals surface area (Å²) in [5.74, 6) is 0. The van der Waals surface area contributed by atoms with E-state index in [1.54, 1.807) is 0 Å². The van der Waals surface area contributed by atoms with Crippen molar-refractivity contribution in [3.05, 3.63) is 0 Å². The monoisotopic (exact) mass is 188 g/mol. The van der Waals surface area contributed by atoms with Gasteiger partial charge in [-0.15, -0.1) is 0 Å². The molecule has 3 N–H and O–H groups in total. The SMILES string of the molecule is CC1CNCC(C)N1CC(O)CO. The molecule has 1 saturated heterocycles. The van der Waals surface area contributed by atoms with Crippen LogP contribution in [0.15, 0.2) is 0 Å². The van der Waals surface area contributed by atoms with Crippen LogP contribution in [0.4, 0.5) is 0 Å². The second kappa shape index (κ2) is 4.91. The number of rotatable bonds is 3. The van der Waals surface area contributed by atoms with E-state index in [1.807, 2.05) is 0 Å². The average molecular weight is 188 g/mol. The van der Waals surface area contributed by atoms with E-state index < -0.39 is 6.10 Å². The third kappa shape index (κ3) is 2.91. The number of aliphatic hydroxyl groups excluding tert-OH is 2. The average Bonchev–Trinajstić information content (AvgIpc) is 2.11. The number of nitrogens with one attached hydrogen (secondary N) is 1. The van der Waals surface area contributed by atoms with Crippen LogP contribution in [-0.2, 0) is 0 Å². The molecule has 0 bridgehead atoms. The highest BCUT2D eigenvalue weighted by atomic mass is 16.3. The van der Waals surface area contributed by atoms with E-state index in [-0.39, 0.29) is 6.61 Å². The van der Waals surface area contributed by atoms with Gasteiger partial charge in [0.2, 0.25) is 0 Å². The second-order valence-electron chi connectivity index (χ2n) is 3.89. The van der Waals surface area contributed by atoms with E-state index in [2.05, 4.69) is 24.1 Å². The van der Waals surface area contributed by atoms with Crippen molar-refractivity contribution in [3.8, 4) is 0 Å². The maximum absolute atomic E-state index is 9.33. The summed E-state index contributed by atoms with van der Waals surface area (Å²) >= 11 is 0. The number of hydrogen-bond acceptors (Lipinski definition) is 4. The molecule has 13 heavy (non-hydrogen) atoms. The van der Waals surface area contributed by atoms with Crippen molar-refractivity contribution in [2.24, 2.45) is 0 Å². The lowest BCUT2D eigenvalue weighted by atomic mass is 10.1. The van der Waals surface area contributed by atoms with Crippen molar-refractivity contribution >= 4 is 0 Å². The second-order valence-corrected chi connectivity index (χ2v) is 3.89. The van der Waals surface area contributed by atoms with Crippen molar-refractivity contribution in [1.29, 1.82) is 0 Å². The highest BCUT2D eigenvalue weighted by molar-refractivity contribution is 4.83. The zero-order chi connectivity index (χ0) is 9.84. The Labute approximate surface area is 79.6 Å². The first-order valence-electron chi connectivity index (χ1n) is 4.90. The highest BCUT2D eigenvalue weighted by Crippen LogP contribution is 2.09. The Morgan fingerprint density at radius 3 is 2.38 bits per heavy atom. The molecule has 0 aromatic heterocycles. The van der Waals surface area contributed by atoms with Gasteiger partial charge in [-0.05, 0) is 13.8 Å². The normalized spacial score (nSPS) is 33.2. The molecular weight excluding hydrogens is 168 g/mol. The fourth-order valence-corrected chi connectivity index (χ4v) is 1.83. The van der Waals surface area contributed by atoms with E-state index in [4.69, 9.17) is 5.11 Å². The van der Waals surface area contributed by atoms with Gasteiger partial charge in [-0.2, -0.15) is 0 Å². The van der Waals surface area contributed by atoms with Crippen molar-refractivity contribution in [3.63, 3.8) is 0 Å². The zero-order valence-electron chi connectivity index (χ0n) is 8.40. The molecule has 4 nitrogen and oxygen atoms in total. The van der Waals surface area contributed by atoms with Gasteiger partial charge in [-0.3, -0.25) is 4.90 Å². The van der Waals surface area contributed by atoms with E-state index in [0.29, 0.717) is 18.6 Å². The van der Waals surface area contributed by atoms with Gasteiger partial charge in [0, 0.05) is 31.7 Å². The molecule has 0 radical (unpaired) electrons. The Balaban J connectivity index is 2.43. The summed E-state index contributed by atoms with van der Waals surface area (Å²) in [7, 11) is 0. The molecule has 0 aromatic carbocycles. The van der Waals surface area contributed by atoms with E-state index >= 15 is 0 Å². The molecule has 0 amide bonds. The van der Waals surface area contributed by atoms with Gasteiger partial charge in [-0.25, -0.2) is 0 Å². The first-order chi connectivity index (χ1) is 6.15. The van der Waals surface area contributed by atoms with Crippen LogP contribution in [0.5, 0.6) is 0 Å². The van der Waals surface area contributed by atoms with Gasteiger partial charge in [0.1, 0.15) is 0 Å². The molecule has 3 unspecified atom stereocenters. The number of aliphatic hydroxyl groups is 2. The third-order valence-electron chi connectivity index (χ3n) is 2.64. The minimum Gasteiger partial charge on any atom is -0.394 e. The number of β-amino-alcohol motifs (C(OH)–C–C–N with tert-alkyl or cyclic N) is 1. The quantitative estimate of drug-likeness (QED) is 0.533. The Morgan fingerprint density at radius 2 is 1.92 bits per heavy atom. The van der Waals surface area contributed by atoms with Crippen LogP contribution in [-0.4, -0.2) is 59.5 Å². The summed E-state index contributed by atoms with van der Waals surface area (Å²) in [5, 5.41) is 21.4. The van der Waals surface area contributed by atoms with E-state index in [1.165, 1.54) is 0 Å². The highest BCUT2D eigenvalue weighted by Gasteiger charge is 2.25. The molecule has 0 spiro atoms. The van der Waals surface area contributed by atoms with Crippen molar-refractivity contribution in [2.45, 2.75) is 32.0 Å². The lowest BCUT2D eigenvalue weighted by molar-refractivity contribution is 0.0211. The smallest absolute Gasteiger partial charge is 0.0897 e. The topological polar surface area (TPSA) is 55.7 Å². The fourth-order valence-electron chi connectivity index (χ4n) is 1.83. The molecule has 1 fully saturated rings. The molecule has 1 rings (SSSR count). The number of nitrogens with zero attached hydrogens (tertiary/aromatic N) is 1. The fraction of sp³-hybridized carbons (Fsp3) is 1.00. The number of piperazine rings is 1. The van der Waals surface area contributed by atoms with E-state index in [9.17, 15) is 5.11 Å². The minimum absolute atomic E-state index is 0.149. The molecule has 1 heterocycles. The molecule has 78 valence electrons. The third-order valence-corrected chi connectivity index (χ3v) is 2.64. The summed E-state index contributed by atoms with van der Waals surface area (Å²) in [4.78, 5) is 2.23. The van der Waals surface area contributed by atoms with Gasteiger partial charge in [0.25, 0.3) is 0 Å². The van der Waals surface area contributed by atoms with Gasteiger partial charge in [-0.1, -0.05) is 0 Å². The predicted molar refractivity (Wildman–Crippen MR) is 51.6 cm³/mol. The van der Waals surface area contributed by atoms with Crippen molar-refractivity contribution in [2.75, 3.05) is 26.2 Å². The molecular formula is C9H20N2O2. The summed E-state index contributed by atoms with van der Waals surface area (Å²) < 4.78 is 0. The summed E-state index contributed by atoms with van der Waals surface area (Å²) in [5.41, 5.74) is 0. The Morgan fingerprint density at radius 1 is 1.38 bits per heavy atom. The van der Waals surface area contributed by atoms with Gasteiger partial charge in [0.15, 0.2) is 0 Å². The molecule has 0 aromatic rings. The molecule has 1 aliphatic heterocycles. The summed E-state index contributed by atoms with van der Waals surface area (Å²) in [6, 6.07) is 0.870. The van der Waals surface area contributed by atoms with Crippen LogP contribution < -0.4 is 5.32 Å². The molecule has 0 saturated carbocycles. The number of hydrogen-bond donors (Lipinski definition) is 3. The summed E-state index contributed by atoms with van der Waals surface area (Å²) in [6.07, 6.45) is -0.608. The first kappa shape index (κ1) is 10.9. The molecule has 4 heteroatoms. The Bertz CT molecular complexity index is 145. The Hall–Kier alpha value is -0.160. The van der Waals surface area contributed by atoms with Gasteiger partial charge < -0.3 is 15.5 Å². The minimum atomic E-state index is -0.608. The lowest BCUT2D eigenvalue weighted by Crippen LogP contribution is -2.57. The van der Waals surface area contributed by atoms with E-state index in [0.717, 1.165) is 13.1 Å². The Kier molecular flexibility index (Phi) is 4.12. The lowest BCUT2D eigenvalue weighted by Gasteiger charge is -2.40. The first-order valence-corrected chi connectivity index (χ1v) is 4.90. The van der Waals surface area contributed by atoms with Crippen LogP contribution in [0.25, 0.3) is 0 Å². The largest absolute Gasteiger partial charge is 0.394 e. The van der Waals surface area contributed by atoms with Crippen LogP contribution in [0, 0.1) is 0 Å². The predicted octanol–water partition coefficient (Wildman–Crippen LogP) is -0.978. The van der Waals surface area contributed by atoms with Crippen LogP contribution in [0.2, 0.25) is 0 Å². The maximum atomic E-state index is 9.33. The van der Waals surface area contributed by atoms with Gasteiger partial charge in [0.05, 0.1) is 12.7 Å². The maximum Gasteiger partial charge on any atom is 0.0897 e. The van der Waals surface area contributed by atoms with Crippen molar-refractivity contribution in [1.82, 2.24) is 10.2 Å². The molecule has 0 aliphatic carbocycles. The van der Waals surface area contributed by atoms with Crippen LogP contribution >= 0.6 is 0 Å².